The van der Waals surface area contributed by atoms with Crippen LogP contribution in [0, 0.1) is 34.5 Å². The molecule has 3 heterocycles. The van der Waals surface area contributed by atoms with Gasteiger partial charge in [0.15, 0.2) is 0 Å². The molecule has 7 heteroatoms. The molecule has 0 amide bonds. The van der Waals surface area contributed by atoms with Gasteiger partial charge < -0.3 is 5.11 Å². The Balaban J connectivity index is 1.44. The van der Waals surface area contributed by atoms with Crippen LogP contribution in [0.15, 0.2) is 39.9 Å². The van der Waals surface area contributed by atoms with E-state index in [1.165, 1.54) is 4.57 Å². The Morgan fingerprint density at radius 3 is 2.15 bits per heavy atom. The summed E-state index contributed by atoms with van der Waals surface area (Å²) < 4.78 is 5.00. The lowest BCUT2D eigenvalue weighted by Gasteiger charge is -2.52. The minimum Gasteiger partial charge on any atom is -0.392 e. The highest BCUT2D eigenvalue weighted by Crippen LogP contribution is 3.04. The summed E-state index contributed by atoms with van der Waals surface area (Å²) in [5.74, 6) is 2.38. The smallest absolute Gasteiger partial charge is 0.352 e. The van der Waals surface area contributed by atoms with Crippen molar-refractivity contribution in [1.29, 1.82) is 0 Å². The zero-order valence-corrected chi connectivity index (χ0v) is 16.0. The molecule has 0 radical (unpaired) electrons. The molecule has 10 atom stereocenters. The third-order valence-electron chi connectivity index (χ3n) is 9.30. The minimum atomic E-state index is -0.356. The van der Waals surface area contributed by atoms with Crippen molar-refractivity contribution >= 4 is 15.9 Å². The number of aliphatic hydroxyl groups excluding tert-OH is 1. The zero-order valence-electron chi connectivity index (χ0n) is 14.4. The van der Waals surface area contributed by atoms with Gasteiger partial charge in [-0.15, -0.1) is 0 Å². The van der Waals surface area contributed by atoms with Crippen LogP contribution in [0.1, 0.15) is 24.9 Å². The molecule has 0 saturated heterocycles. The molecule has 7 aliphatic rings. The number of hydrogen-bond acceptors (Lipinski definition) is 3. The van der Waals surface area contributed by atoms with E-state index in [1.807, 2.05) is 39.7 Å². The lowest BCUT2D eigenvalue weighted by molar-refractivity contribution is -0.0543. The van der Waals surface area contributed by atoms with Gasteiger partial charge in [0.25, 0.3) is 0 Å². The fourth-order valence-corrected chi connectivity index (χ4v) is 9.72. The predicted molar refractivity (Wildman–Crippen MR) is 99.1 cm³/mol. The van der Waals surface area contributed by atoms with Gasteiger partial charge in [0, 0.05) is 15.7 Å². The maximum absolute atomic E-state index is 13.4. The molecule has 0 unspecified atom stereocenters. The quantitative estimate of drug-likeness (QED) is 0.697. The van der Waals surface area contributed by atoms with Gasteiger partial charge in [0.1, 0.15) is 0 Å². The molecule has 138 valence electrons. The van der Waals surface area contributed by atoms with Gasteiger partial charge in [-0.25, -0.2) is 23.5 Å². The molecule has 2 aliphatic heterocycles. The van der Waals surface area contributed by atoms with Gasteiger partial charge in [-0.1, -0.05) is 34.1 Å². The first kappa shape index (κ1) is 14.4. The van der Waals surface area contributed by atoms with Crippen molar-refractivity contribution < 1.29 is 5.11 Å². The van der Waals surface area contributed by atoms with Crippen molar-refractivity contribution in [3.63, 3.8) is 0 Å². The molecule has 9 rings (SSSR count). The van der Waals surface area contributed by atoms with E-state index in [0.717, 1.165) is 12.8 Å². The number of halogens is 1. The van der Waals surface area contributed by atoms with Crippen LogP contribution in [0.2, 0.25) is 0 Å². The highest BCUT2D eigenvalue weighted by atomic mass is 79.9. The van der Waals surface area contributed by atoms with E-state index in [-0.39, 0.29) is 45.2 Å². The summed E-state index contributed by atoms with van der Waals surface area (Å²) in [4.78, 5) is 26.9. The highest BCUT2D eigenvalue weighted by Gasteiger charge is 3.03. The lowest BCUT2D eigenvalue weighted by atomic mass is 9.64. The number of rotatable bonds is 1. The summed E-state index contributed by atoms with van der Waals surface area (Å²) in [6.45, 7) is 0. The van der Waals surface area contributed by atoms with Crippen LogP contribution in [-0.2, 0) is 0 Å². The van der Waals surface area contributed by atoms with E-state index < -0.39 is 0 Å². The molecule has 5 aliphatic carbocycles. The van der Waals surface area contributed by atoms with Crippen molar-refractivity contribution in [2.75, 3.05) is 0 Å². The highest BCUT2D eigenvalue weighted by molar-refractivity contribution is 9.09. The monoisotopic (exact) mass is 427 g/mol. The topological polar surface area (TPSA) is 69.2 Å². The third-order valence-corrected chi connectivity index (χ3v) is 10.2. The van der Waals surface area contributed by atoms with Crippen molar-refractivity contribution in [3.05, 3.63) is 51.3 Å². The molecular formula is C20H18BrN3O3. The molecule has 2 bridgehead atoms. The number of hydrogen-bond donors (Lipinski definition) is 1. The Hall–Kier alpha value is -1.60. The molecule has 6 nitrogen and oxygen atoms in total. The molecular weight excluding hydrogens is 410 g/mol. The summed E-state index contributed by atoms with van der Waals surface area (Å²) in [6, 6.07) is 9.50. The Morgan fingerprint density at radius 1 is 0.926 bits per heavy atom. The SMILES string of the molecule is O=c1n(-c2ccccc2)c(=O)n2n1[C@H]1[C@H]3[C@H]4[C@@H]3[C@H]2[C@]23C[C@@H](O)[C@H](Br)C[C@]12[C@H]43. The number of para-hydroxylation sites is 1. The molecule has 27 heavy (non-hydrogen) atoms. The molecule has 2 aromatic rings. The number of nitrogens with zero attached hydrogens (tertiary/aromatic N) is 3. The second kappa shape index (κ2) is 3.79. The molecule has 5 saturated carbocycles. The summed E-state index contributed by atoms with van der Waals surface area (Å²) in [5, 5.41) is 10.6. The Labute approximate surface area is 162 Å². The summed E-state index contributed by atoms with van der Waals surface area (Å²) >= 11 is 3.70. The van der Waals surface area contributed by atoms with Crippen molar-refractivity contribution in [3.8, 4) is 5.69 Å². The lowest BCUT2D eigenvalue weighted by Crippen LogP contribution is -2.56. The van der Waals surface area contributed by atoms with Gasteiger partial charge in [-0.2, -0.15) is 0 Å². The normalized spacial score (nSPS) is 53.9. The van der Waals surface area contributed by atoms with Gasteiger partial charge >= 0.3 is 11.4 Å². The van der Waals surface area contributed by atoms with E-state index in [2.05, 4.69) is 15.9 Å². The molecule has 1 aromatic heterocycles. The zero-order chi connectivity index (χ0) is 18.0. The van der Waals surface area contributed by atoms with Crippen LogP contribution in [0.25, 0.3) is 5.69 Å². The summed E-state index contributed by atoms with van der Waals surface area (Å²) in [5.41, 5.74) is 0.431. The van der Waals surface area contributed by atoms with Gasteiger partial charge in [0.05, 0.1) is 23.9 Å². The Bertz CT molecular complexity index is 1110. The summed E-state index contributed by atoms with van der Waals surface area (Å²) in [6.07, 6.45) is 1.34. The van der Waals surface area contributed by atoms with E-state index in [1.54, 1.807) is 0 Å². The number of benzene rings is 1. The third kappa shape index (κ3) is 1.10. The number of alkyl halides is 1. The van der Waals surface area contributed by atoms with E-state index >= 15 is 0 Å². The molecule has 2 spiro atoms. The fourth-order valence-electron chi connectivity index (χ4n) is 8.99. The summed E-state index contributed by atoms with van der Waals surface area (Å²) in [7, 11) is 0. The Morgan fingerprint density at radius 2 is 1.52 bits per heavy atom. The van der Waals surface area contributed by atoms with E-state index in [0.29, 0.717) is 29.4 Å². The number of aromatic nitrogens is 3. The van der Waals surface area contributed by atoms with Crippen LogP contribution in [0.3, 0.4) is 0 Å². The maximum Gasteiger partial charge on any atom is 0.352 e. The van der Waals surface area contributed by atoms with Crippen molar-refractivity contribution in [1.82, 2.24) is 13.9 Å². The maximum atomic E-state index is 13.4. The van der Waals surface area contributed by atoms with E-state index in [4.69, 9.17) is 0 Å². The van der Waals surface area contributed by atoms with Crippen LogP contribution in [0.4, 0.5) is 0 Å². The van der Waals surface area contributed by atoms with E-state index in [9.17, 15) is 14.7 Å². The van der Waals surface area contributed by atoms with Crippen LogP contribution >= 0.6 is 15.9 Å². The second-order valence-corrected chi connectivity index (χ2v) is 10.8. The van der Waals surface area contributed by atoms with Crippen molar-refractivity contribution in [2.45, 2.75) is 35.9 Å². The second-order valence-electron chi connectivity index (χ2n) is 9.60. The first-order valence-electron chi connectivity index (χ1n) is 9.89. The standard InChI is InChI=1S/C20H18BrN3O3/c21-9-6-19-14-11-12-13(11)16(20(14,19)7-10(9)25)24-18(27)22(8-4-2-1-3-5-8)17(26)23(24)15(12)19/h1-5,9-16,25H,6-7H2/t9-,10-,11+,12+,13+,14+,15+,16+,19+,20-/m1/s1. The van der Waals surface area contributed by atoms with Gasteiger partial charge in [-0.3, -0.25) is 0 Å². The minimum absolute atomic E-state index is 0.0462. The number of aliphatic hydroxyl groups is 1. The molecule has 1 N–H and O–H groups in total. The average Bonchev–Trinajstić information content (AvgIpc) is 3.40. The Kier molecular flexibility index (Phi) is 2.02. The largest absolute Gasteiger partial charge is 0.392 e. The van der Waals surface area contributed by atoms with Crippen LogP contribution in [-0.4, -0.2) is 30.0 Å². The molecule has 5 fully saturated rings. The predicted octanol–water partition coefficient (Wildman–Crippen LogP) is 1.31. The van der Waals surface area contributed by atoms with Crippen molar-refractivity contribution in [2.24, 2.45) is 34.5 Å². The van der Waals surface area contributed by atoms with Gasteiger partial charge in [-0.05, 0) is 48.6 Å². The van der Waals surface area contributed by atoms with Crippen LogP contribution < -0.4 is 11.4 Å². The first-order chi connectivity index (χ1) is 13.1. The van der Waals surface area contributed by atoms with Crippen LogP contribution in [0.5, 0.6) is 0 Å². The average molecular weight is 428 g/mol. The fraction of sp³-hybridized carbons (Fsp3) is 0.600. The first-order valence-corrected chi connectivity index (χ1v) is 10.8. The molecule has 1 aromatic carbocycles. The van der Waals surface area contributed by atoms with Gasteiger partial charge in [0.2, 0.25) is 0 Å².